The number of carbonyl (C=O) groups excluding carboxylic acids is 1. The Balaban J connectivity index is 2.56. The van der Waals surface area contributed by atoms with Crippen LogP contribution in [0.1, 0.15) is 13.8 Å². The van der Waals surface area contributed by atoms with Crippen molar-refractivity contribution < 1.29 is 9.53 Å². The number of hydrogen-bond donors (Lipinski definition) is 1. The number of nitrogens with zero attached hydrogens (tertiary/aromatic N) is 1. The molecule has 0 unspecified atom stereocenters. The van der Waals surface area contributed by atoms with Crippen LogP contribution in [0.4, 0.5) is 0 Å². The average Bonchev–Trinajstić information content (AvgIpc) is 2.11. The molecule has 1 saturated heterocycles. The minimum Gasteiger partial charge on any atom is -0.378 e. The fraction of sp³-hybridized carbons (Fsp3) is 0.727. The fourth-order valence-electron chi connectivity index (χ4n) is 1.40. The van der Waals surface area contributed by atoms with E-state index in [1.807, 2.05) is 6.08 Å². The number of hydrogen-bond acceptors (Lipinski definition) is 3. The van der Waals surface area contributed by atoms with Crippen molar-refractivity contribution in [1.29, 1.82) is 0 Å². The molecule has 0 aromatic heterocycles. The maximum atomic E-state index is 11.1. The lowest BCUT2D eigenvalue weighted by molar-refractivity contribution is -0.116. The lowest BCUT2D eigenvalue weighted by atomic mass is 9.99. The highest BCUT2D eigenvalue weighted by atomic mass is 16.5. The molecule has 86 valence electrons. The minimum atomic E-state index is -0.124. The van der Waals surface area contributed by atoms with Crippen LogP contribution >= 0.6 is 0 Å². The summed E-state index contributed by atoms with van der Waals surface area (Å²) in [6, 6.07) is 0.467. The van der Waals surface area contributed by atoms with Crippen LogP contribution in [0.5, 0.6) is 0 Å². The molecule has 1 aliphatic rings. The molecule has 0 bridgehead atoms. The van der Waals surface area contributed by atoms with Crippen LogP contribution in [0, 0.1) is 0 Å². The molecule has 1 heterocycles. The Kier molecular flexibility index (Phi) is 3.88. The van der Waals surface area contributed by atoms with Crippen molar-refractivity contribution in [3.8, 4) is 0 Å². The van der Waals surface area contributed by atoms with Gasteiger partial charge >= 0.3 is 0 Å². The molecular formula is C11H20N2O2. The van der Waals surface area contributed by atoms with Crippen LogP contribution in [0.2, 0.25) is 0 Å². The maximum absolute atomic E-state index is 11.1. The molecule has 0 saturated carbocycles. The van der Waals surface area contributed by atoms with E-state index in [1.54, 1.807) is 13.1 Å². The van der Waals surface area contributed by atoms with Gasteiger partial charge in [-0.2, -0.15) is 0 Å². The predicted molar refractivity (Wildman–Crippen MR) is 59.7 cm³/mol. The van der Waals surface area contributed by atoms with Gasteiger partial charge in [0.25, 0.3) is 0 Å². The zero-order chi connectivity index (χ0) is 11.5. The highest BCUT2D eigenvalue weighted by Crippen LogP contribution is 2.21. The number of likely N-dealkylation sites (N-methyl/N-ethyl adjacent to an activating group) is 2. The topological polar surface area (TPSA) is 41.6 Å². The third kappa shape index (κ3) is 3.04. The molecule has 0 spiro atoms. The molecule has 1 aliphatic heterocycles. The van der Waals surface area contributed by atoms with Gasteiger partial charge in [0, 0.05) is 18.7 Å². The van der Waals surface area contributed by atoms with Crippen LogP contribution in [0.3, 0.4) is 0 Å². The molecule has 1 amide bonds. The van der Waals surface area contributed by atoms with Gasteiger partial charge in [-0.05, 0) is 20.9 Å². The summed E-state index contributed by atoms with van der Waals surface area (Å²) < 4.78 is 5.15. The molecule has 0 aromatic carbocycles. The zero-order valence-corrected chi connectivity index (χ0v) is 9.91. The van der Waals surface area contributed by atoms with Gasteiger partial charge < -0.3 is 10.1 Å². The van der Waals surface area contributed by atoms with Crippen molar-refractivity contribution in [2.75, 3.05) is 27.3 Å². The maximum Gasteiger partial charge on any atom is 0.243 e. The summed E-state index contributed by atoms with van der Waals surface area (Å²) in [5.41, 5.74) is -0.124. The summed E-state index contributed by atoms with van der Waals surface area (Å²) >= 11 is 0. The fourth-order valence-corrected chi connectivity index (χ4v) is 1.40. The van der Waals surface area contributed by atoms with Crippen molar-refractivity contribution in [3.63, 3.8) is 0 Å². The molecule has 4 nitrogen and oxygen atoms in total. The molecular weight excluding hydrogens is 192 g/mol. The molecule has 0 atom stereocenters. The van der Waals surface area contributed by atoms with Gasteiger partial charge in [0.05, 0.1) is 19.3 Å². The Hall–Kier alpha value is -0.870. The van der Waals surface area contributed by atoms with Crippen LogP contribution in [-0.4, -0.2) is 49.7 Å². The van der Waals surface area contributed by atoms with Gasteiger partial charge in [-0.3, -0.25) is 9.69 Å². The van der Waals surface area contributed by atoms with Crippen molar-refractivity contribution in [2.45, 2.75) is 25.4 Å². The second-order valence-electron chi connectivity index (χ2n) is 4.40. The number of amides is 1. The van der Waals surface area contributed by atoms with Gasteiger partial charge in [0.2, 0.25) is 5.91 Å². The minimum absolute atomic E-state index is 0.0682. The Labute approximate surface area is 91.3 Å². The summed E-state index contributed by atoms with van der Waals surface area (Å²) in [7, 11) is 3.69. The zero-order valence-electron chi connectivity index (χ0n) is 9.91. The monoisotopic (exact) mass is 212 g/mol. The average molecular weight is 212 g/mol. The normalized spacial score (nSPS) is 18.2. The summed E-state index contributed by atoms with van der Waals surface area (Å²) in [5.74, 6) is -0.0682. The van der Waals surface area contributed by atoms with Crippen LogP contribution in [-0.2, 0) is 9.53 Å². The van der Waals surface area contributed by atoms with E-state index in [9.17, 15) is 4.79 Å². The molecule has 0 aliphatic carbocycles. The van der Waals surface area contributed by atoms with E-state index in [1.165, 1.54) is 0 Å². The summed E-state index contributed by atoms with van der Waals surface area (Å²) in [6.07, 6.45) is 3.50. The van der Waals surface area contributed by atoms with Gasteiger partial charge in [0.15, 0.2) is 0 Å². The molecule has 1 rings (SSSR count). The van der Waals surface area contributed by atoms with Gasteiger partial charge in [-0.15, -0.1) is 0 Å². The lowest BCUT2D eigenvalue weighted by Crippen LogP contribution is -2.55. The highest BCUT2D eigenvalue weighted by molar-refractivity contribution is 5.87. The number of carbonyl (C=O) groups is 1. The molecule has 0 radical (unpaired) electrons. The highest BCUT2D eigenvalue weighted by Gasteiger charge is 2.31. The Morgan fingerprint density at radius 3 is 2.53 bits per heavy atom. The second kappa shape index (κ2) is 4.77. The first kappa shape index (κ1) is 12.2. The van der Waals surface area contributed by atoms with E-state index in [0.717, 1.165) is 13.2 Å². The first-order valence-electron chi connectivity index (χ1n) is 5.19. The van der Waals surface area contributed by atoms with E-state index in [4.69, 9.17) is 4.74 Å². The summed E-state index contributed by atoms with van der Waals surface area (Å²) in [6.45, 7) is 5.75. The largest absolute Gasteiger partial charge is 0.378 e. The van der Waals surface area contributed by atoms with Gasteiger partial charge in [0.1, 0.15) is 0 Å². The number of rotatable bonds is 4. The Morgan fingerprint density at radius 1 is 1.53 bits per heavy atom. The Bertz CT molecular complexity index is 257. The van der Waals surface area contributed by atoms with Crippen molar-refractivity contribution in [1.82, 2.24) is 10.2 Å². The van der Waals surface area contributed by atoms with Crippen LogP contribution < -0.4 is 5.32 Å². The van der Waals surface area contributed by atoms with E-state index >= 15 is 0 Å². The van der Waals surface area contributed by atoms with Gasteiger partial charge in [-0.25, -0.2) is 0 Å². The number of nitrogens with one attached hydrogen (secondary N) is 1. The Morgan fingerprint density at radius 2 is 2.13 bits per heavy atom. The first-order chi connectivity index (χ1) is 6.97. The van der Waals surface area contributed by atoms with Crippen molar-refractivity contribution >= 4 is 5.91 Å². The third-order valence-electron chi connectivity index (χ3n) is 2.97. The predicted octanol–water partition coefficient (Wildman–Crippen LogP) is 0.398. The van der Waals surface area contributed by atoms with Crippen LogP contribution in [0.15, 0.2) is 12.2 Å². The lowest BCUT2D eigenvalue weighted by Gasteiger charge is -2.43. The van der Waals surface area contributed by atoms with E-state index in [2.05, 4.69) is 31.1 Å². The van der Waals surface area contributed by atoms with Crippen molar-refractivity contribution in [3.05, 3.63) is 12.2 Å². The van der Waals surface area contributed by atoms with E-state index < -0.39 is 0 Å². The molecule has 0 aromatic rings. The molecule has 4 heteroatoms. The summed E-state index contributed by atoms with van der Waals surface area (Å²) in [4.78, 5) is 13.3. The molecule has 1 N–H and O–H groups in total. The SMILES string of the molecule is CNC(=O)C=CC(C)(C)N(C)C1COC1. The van der Waals surface area contributed by atoms with E-state index in [-0.39, 0.29) is 11.4 Å². The van der Waals surface area contributed by atoms with E-state index in [0.29, 0.717) is 6.04 Å². The summed E-state index contributed by atoms with van der Waals surface area (Å²) in [5, 5.41) is 2.56. The van der Waals surface area contributed by atoms with Crippen LogP contribution in [0.25, 0.3) is 0 Å². The second-order valence-corrected chi connectivity index (χ2v) is 4.40. The van der Waals surface area contributed by atoms with Crippen molar-refractivity contribution in [2.24, 2.45) is 0 Å². The third-order valence-corrected chi connectivity index (χ3v) is 2.97. The quantitative estimate of drug-likeness (QED) is 0.686. The number of ether oxygens (including phenoxy) is 1. The smallest absolute Gasteiger partial charge is 0.243 e. The molecule has 1 fully saturated rings. The molecule has 15 heavy (non-hydrogen) atoms. The first-order valence-corrected chi connectivity index (χ1v) is 5.19. The standard InChI is InChI=1S/C11H20N2O2/c1-11(2,6-5-10(14)12-3)13(4)9-7-15-8-9/h5-6,9H,7-8H2,1-4H3,(H,12,14). The van der Waals surface area contributed by atoms with Gasteiger partial charge in [-0.1, -0.05) is 6.08 Å².